The first-order valence-corrected chi connectivity index (χ1v) is 6.49. The van der Waals surface area contributed by atoms with Crippen molar-refractivity contribution < 1.29 is 19.8 Å². The van der Waals surface area contributed by atoms with Gasteiger partial charge in [-0.25, -0.2) is 0 Å². The van der Waals surface area contributed by atoms with Gasteiger partial charge in [-0.05, 0) is 24.6 Å². The fraction of sp³-hybridized carbons (Fsp3) is 0.667. The van der Waals surface area contributed by atoms with Crippen LogP contribution in [0.25, 0.3) is 0 Å². The summed E-state index contributed by atoms with van der Waals surface area (Å²) in [6.07, 6.45) is 4.02. The summed E-state index contributed by atoms with van der Waals surface area (Å²) in [5, 5.41) is 21.1. The van der Waals surface area contributed by atoms with Gasteiger partial charge in [0.25, 0.3) is 0 Å². The first kappa shape index (κ1) is 13.2. The van der Waals surface area contributed by atoms with E-state index in [4.69, 9.17) is 16.7 Å². The molecule has 0 radical (unpaired) electrons. The average molecular weight is 274 g/mol. The molecule has 4 atom stereocenters. The van der Waals surface area contributed by atoms with Crippen molar-refractivity contribution in [1.29, 1.82) is 0 Å². The minimum atomic E-state index is -1.09. The Hall–Kier alpha value is -1.23. The van der Waals surface area contributed by atoms with Crippen LogP contribution >= 0.6 is 11.6 Å². The van der Waals surface area contributed by atoms with Crippen molar-refractivity contribution in [1.82, 2.24) is 5.32 Å². The van der Waals surface area contributed by atoms with Gasteiger partial charge < -0.3 is 15.5 Å². The zero-order valence-electron chi connectivity index (χ0n) is 9.80. The maximum atomic E-state index is 11.2. The normalized spacial score (nSPS) is 32.1. The van der Waals surface area contributed by atoms with Crippen molar-refractivity contribution in [2.75, 3.05) is 0 Å². The van der Waals surface area contributed by atoms with E-state index in [1.807, 2.05) is 0 Å². The summed E-state index contributed by atoms with van der Waals surface area (Å²) >= 11 is 6.21. The van der Waals surface area contributed by atoms with Gasteiger partial charge in [-0.2, -0.15) is 0 Å². The van der Waals surface area contributed by atoms with Gasteiger partial charge in [-0.15, -0.1) is 11.6 Å². The number of rotatable bonds is 4. The van der Waals surface area contributed by atoms with Gasteiger partial charge >= 0.3 is 11.9 Å². The molecule has 0 bridgehead atoms. The van der Waals surface area contributed by atoms with E-state index in [1.54, 1.807) is 6.20 Å². The first-order valence-electron chi connectivity index (χ1n) is 6.05. The Morgan fingerprint density at radius 3 is 2.78 bits per heavy atom. The lowest BCUT2D eigenvalue weighted by Gasteiger charge is -2.32. The SMILES string of the molecule is O=C(O)CC(C(=O)O)C1=CNC2C(Cl)CCCC12. The Morgan fingerprint density at radius 1 is 1.44 bits per heavy atom. The summed E-state index contributed by atoms with van der Waals surface area (Å²) in [6, 6.07) is 0.0473. The third kappa shape index (κ3) is 2.46. The summed E-state index contributed by atoms with van der Waals surface area (Å²) < 4.78 is 0. The molecule has 0 aromatic carbocycles. The van der Waals surface area contributed by atoms with Crippen molar-refractivity contribution in [2.45, 2.75) is 37.1 Å². The van der Waals surface area contributed by atoms with E-state index in [0.717, 1.165) is 19.3 Å². The Bertz CT molecular complexity index is 396. The summed E-state index contributed by atoms with van der Waals surface area (Å²) in [7, 11) is 0. The van der Waals surface area contributed by atoms with Crippen LogP contribution in [0.2, 0.25) is 0 Å². The smallest absolute Gasteiger partial charge is 0.311 e. The van der Waals surface area contributed by atoms with E-state index in [9.17, 15) is 14.7 Å². The zero-order valence-corrected chi connectivity index (χ0v) is 10.6. The molecule has 4 unspecified atom stereocenters. The van der Waals surface area contributed by atoms with Crippen LogP contribution in [-0.4, -0.2) is 33.6 Å². The highest BCUT2D eigenvalue weighted by Gasteiger charge is 2.42. The number of alkyl halides is 1. The quantitative estimate of drug-likeness (QED) is 0.675. The second kappa shape index (κ2) is 5.18. The molecule has 18 heavy (non-hydrogen) atoms. The van der Waals surface area contributed by atoms with Crippen LogP contribution in [0.3, 0.4) is 0 Å². The van der Waals surface area contributed by atoms with Gasteiger partial charge in [0.05, 0.1) is 17.7 Å². The molecule has 2 rings (SSSR count). The van der Waals surface area contributed by atoms with E-state index < -0.39 is 17.9 Å². The molecule has 1 aliphatic heterocycles. The molecular formula is C12H16ClNO4. The summed E-state index contributed by atoms with van der Waals surface area (Å²) in [5.41, 5.74) is 0.681. The molecular weight excluding hydrogens is 258 g/mol. The predicted molar refractivity (Wildman–Crippen MR) is 65.4 cm³/mol. The third-order valence-electron chi connectivity index (χ3n) is 3.77. The van der Waals surface area contributed by atoms with Crippen molar-refractivity contribution in [3.63, 3.8) is 0 Å². The second-order valence-electron chi connectivity index (χ2n) is 4.88. The predicted octanol–water partition coefficient (Wildman–Crippen LogP) is 1.43. The van der Waals surface area contributed by atoms with Crippen LogP contribution in [0.4, 0.5) is 0 Å². The minimum Gasteiger partial charge on any atom is -0.481 e. The molecule has 1 aliphatic carbocycles. The highest BCUT2D eigenvalue weighted by molar-refractivity contribution is 6.21. The number of aliphatic carboxylic acids is 2. The second-order valence-corrected chi connectivity index (χ2v) is 5.44. The molecule has 0 amide bonds. The maximum absolute atomic E-state index is 11.2. The molecule has 1 heterocycles. The van der Waals surface area contributed by atoms with Crippen LogP contribution in [0, 0.1) is 11.8 Å². The van der Waals surface area contributed by atoms with Crippen LogP contribution < -0.4 is 5.32 Å². The molecule has 0 saturated heterocycles. The van der Waals surface area contributed by atoms with Crippen LogP contribution in [0.5, 0.6) is 0 Å². The fourth-order valence-corrected chi connectivity index (χ4v) is 3.32. The van der Waals surface area contributed by atoms with E-state index in [2.05, 4.69) is 5.32 Å². The Morgan fingerprint density at radius 2 is 2.17 bits per heavy atom. The number of halogens is 1. The lowest BCUT2D eigenvalue weighted by molar-refractivity contribution is -0.147. The van der Waals surface area contributed by atoms with Gasteiger partial charge in [0.2, 0.25) is 0 Å². The van der Waals surface area contributed by atoms with Gasteiger partial charge in [0.1, 0.15) is 0 Å². The molecule has 5 nitrogen and oxygen atoms in total. The number of hydrogen-bond donors (Lipinski definition) is 3. The maximum Gasteiger partial charge on any atom is 0.311 e. The summed E-state index contributed by atoms with van der Waals surface area (Å²) in [5.74, 6) is -3.07. The molecule has 0 aromatic rings. The number of carboxylic acid groups (broad SMARTS) is 2. The van der Waals surface area contributed by atoms with Crippen LogP contribution in [0.1, 0.15) is 25.7 Å². The highest BCUT2D eigenvalue weighted by atomic mass is 35.5. The van der Waals surface area contributed by atoms with Gasteiger partial charge in [-0.3, -0.25) is 9.59 Å². The van der Waals surface area contributed by atoms with E-state index >= 15 is 0 Å². The lowest BCUT2D eigenvalue weighted by Crippen LogP contribution is -2.40. The van der Waals surface area contributed by atoms with Crippen LogP contribution in [0.15, 0.2) is 11.8 Å². The molecule has 1 fully saturated rings. The minimum absolute atomic E-state index is 0.0169. The fourth-order valence-electron chi connectivity index (χ4n) is 2.92. The first-order chi connectivity index (χ1) is 8.50. The van der Waals surface area contributed by atoms with Crippen LogP contribution in [-0.2, 0) is 9.59 Å². The van der Waals surface area contributed by atoms with Crippen molar-refractivity contribution in [3.8, 4) is 0 Å². The van der Waals surface area contributed by atoms with Crippen molar-refractivity contribution >= 4 is 23.5 Å². The Balaban J connectivity index is 2.16. The number of fused-ring (bicyclic) bond motifs is 1. The van der Waals surface area contributed by atoms with E-state index in [-0.39, 0.29) is 23.8 Å². The van der Waals surface area contributed by atoms with Gasteiger partial charge in [-0.1, -0.05) is 6.42 Å². The molecule has 0 spiro atoms. The molecule has 6 heteroatoms. The summed E-state index contributed by atoms with van der Waals surface area (Å²) in [4.78, 5) is 22.0. The molecule has 100 valence electrons. The monoisotopic (exact) mass is 273 g/mol. The van der Waals surface area contributed by atoms with E-state index in [0.29, 0.717) is 5.57 Å². The van der Waals surface area contributed by atoms with Gasteiger partial charge in [0.15, 0.2) is 0 Å². The molecule has 0 aromatic heterocycles. The molecule has 1 saturated carbocycles. The third-order valence-corrected chi connectivity index (χ3v) is 4.26. The van der Waals surface area contributed by atoms with E-state index in [1.165, 1.54) is 0 Å². The topological polar surface area (TPSA) is 86.6 Å². The molecule has 3 N–H and O–H groups in total. The summed E-state index contributed by atoms with van der Waals surface area (Å²) in [6.45, 7) is 0. The number of nitrogens with one attached hydrogen (secondary N) is 1. The Labute approximate surface area is 110 Å². The van der Waals surface area contributed by atoms with Crippen molar-refractivity contribution in [2.24, 2.45) is 11.8 Å². The molecule has 2 aliphatic rings. The highest BCUT2D eigenvalue weighted by Crippen LogP contribution is 2.40. The van der Waals surface area contributed by atoms with Gasteiger partial charge in [0, 0.05) is 12.0 Å². The van der Waals surface area contributed by atoms with Crippen molar-refractivity contribution in [3.05, 3.63) is 11.8 Å². The number of carbonyl (C=O) groups is 2. The Kier molecular flexibility index (Phi) is 3.80. The number of hydrogen-bond acceptors (Lipinski definition) is 3. The average Bonchev–Trinajstić information content (AvgIpc) is 2.70. The number of carboxylic acids is 2. The largest absolute Gasteiger partial charge is 0.481 e. The zero-order chi connectivity index (χ0) is 13.3. The lowest BCUT2D eigenvalue weighted by atomic mass is 9.77. The standard InChI is InChI=1S/C12H16ClNO4/c13-9-3-1-2-6-8(5-14-11(6)9)7(12(17)18)4-10(15)16/h5-7,9,11,14H,1-4H2,(H,15,16)(H,17,18).